The Morgan fingerprint density at radius 1 is 1.07 bits per heavy atom. The van der Waals surface area contributed by atoms with Gasteiger partial charge < -0.3 is 4.74 Å². The average Bonchev–Trinajstić information content (AvgIpc) is 2.53. The maximum absolute atomic E-state index is 5.52. The summed E-state index contributed by atoms with van der Waals surface area (Å²) < 4.78 is 5.52. The third-order valence-corrected chi connectivity index (χ3v) is 3.19. The van der Waals surface area contributed by atoms with Crippen molar-refractivity contribution in [3.63, 3.8) is 0 Å². The molecule has 0 aromatic heterocycles. The van der Waals surface area contributed by atoms with Crippen LogP contribution in [0.1, 0.15) is 5.56 Å². The Hall–Kier alpha value is -1.12. The van der Waals surface area contributed by atoms with E-state index in [1.807, 2.05) is 0 Å². The minimum absolute atomic E-state index is 0.490. The molecule has 0 radical (unpaired) electrons. The molecule has 1 aromatic rings. The molecule has 0 unspecified atom stereocenters. The molecule has 2 aliphatic heterocycles. The minimum atomic E-state index is 0.490. The summed E-state index contributed by atoms with van der Waals surface area (Å²) in [6.07, 6.45) is 4.56. The fourth-order valence-electron chi connectivity index (χ4n) is 2.36. The van der Waals surface area contributed by atoms with Gasteiger partial charge in [0, 0.05) is 6.54 Å². The van der Waals surface area contributed by atoms with Crippen LogP contribution < -0.4 is 0 Å². The molecule has 0 amide bonds. The predicted molar refractivity (Wildman–Crippen MR) is 59.5 cm³/mol. The van der Waals surface area contributed by atoms with E-state index in [1.54, 1.807) is 0 Å². The summed E-state index contributed by atoms with van der Waals surface area (Å²) in [6.45, 7) is 2.73. The molecule has 2 atom stereocenters. The zero-order valence-corrected chi connectivity index (χ0v) is 8.67. The summed E-state index contributed by atoms with van der Waals surface area (Å²) >= 11 is 0. The molecule has 1 saturated heterocycles. The summed E-state index contributed by atoms with van der Waals surface area (Å²) in [5.74, 6) is 0. The number of ether oxygens (including phenoxy) is 1. The van der Waals surface area contributed by atoms with Gasteiger partial charge in [-0.1, -0.05) is 42.5 Å². The molecule has 0 spiro atoms. The van der Waals surface area contributed by atoms with Gasteiger partial charge in [0.1, 0.15) is 0 Å². The van der Waals surface area contributed by atoms with Gasteiger partial charge in [0.2, 0.25) is 0 Å². The summed E-state index contributed by atoms with van der Waals surface area (Å²) in [5.41, 5.74) is 1.39. The number of fused-ring (bicyclic) bond motifs is 2. The van der Waals surface area contributed by atoms with Gasteiger partial charge in [-0.2, -0.15) is 0 Å². The van der Waals surface area contributed by atoms with Crippen LogP contribution in [0.15, 0.2) is 42.5 Å². The van der Waals surface area contributed by atoms with Crippen LogP contribution in [-0.4, -0.2) is 30.2 Å². The molecule has 3 rings (SSSR count). The van der Waals surface area contributed by atoms with Gasteiger partial charge in [-0.05, 0) is 5.56 Å². The molecule has 2 aliphatic rings. The molecule has 1 aromatic carbocycles. The number of rotatable bonds is 2. The summed E-state index contributed by atoms with van der Waals surface area (Å²) in [5, 5.41) is 0. The summed E-state index contributed by atoms with van der Waals surface area (Å²) in [7, 11) is 0. The van der Waals surface area contributed by atoms with E-state index in [2.05, 4.69) is 47.4 Å². The van der Waals surface area contributed by atoms with Gasteiger partial charge in [-0.25, -0.2) is 0 Å². The van der Waals surface area contributed by atoms with Crippen LogP contribution in [0.4, 0.5) is 0 Å². The molecule has 0 aliphatic carbocycles. The van der Waals surface area contributed by atoms with Crippen LogP contribution in [0, 0.1) is 0 Å². The first-order valence-corrected chi connectivity index (χ1v) is 5.49. The van der Waals surface area contributed by atoms with E-state index < -0.39 is 0 Å². The van der Waals surface area contributed by atoms with Crippen LogP contribution in [0.25, 0.3) is 0 Å². The van der Waals surface area contributed by atoms with Crippen LogP contribution >= 0.6 is 0 Å². The summed E-state index contributed by atoms with van der Waals surface area (Å²) in [4.78, 5) is 2.51. The Kier molecular flexibility index (Phi) is 2.31. The highest BCUT2D eigenvalue weighted by Crippen LogP contribution is 2.24. The van der Waals surface area contributed by atoms with Gasteiger partial charge in [0.15, 0.2) is 0 Å². The highest BCUT2D eigenvalue weighted by molar-refractivity contribution is 5.19. The van der Waals surface area contributed by atoms with Gasteiger partial charge >= 0.3 is 0 Å². The van der Waals surface area contributed by atoms with Crippen LogP contribution in [0.3, 0.4) is 0 Å². The van der Waals surface area contributed by atoms with Crippen molar-refractivity contribution in [2.24, 2.45) is 0 Å². The lowest BCUT2D eigenvalue weighted by atomic mass is 10.1. The van der Waals surface area contributed by atoms with Gasteiger partial charge in [-0.15, -0.1) is 0 Å². The molecule has 0 saturated carbocycles. The molecular formula is C13H15NO. The Morgan fingerprint density at radius 3 is 2.40 bits per heavy atom. The monoisotopic (exact) mass is 201 g/mol. The topological polar surface area (TPSA) is 12.5 Å². The molecule has 2 heteroatoms. The number of benzene rings is 1. The molecule has 15 heavy (non-hydrogen) atoms. The Morgan fingerprint density at radius 2 is 1.73 bits per heavy atom. The molecule has 2 bridgehead atoms. The van der Waals surface area contributed by atoms with E-state index in [0.717, 1.165) is 19.8 Å². The third kappa shape index (κ3) is 1.71. The first kappa shape index (κ1) is 9.13. The van der Waals surface area contributed by atoms with E-state index >= 15 is 0 Å². The van der Waals surface area contributed by atoms with Crippen molar-refractivity contribution in [2.45, 2.75) is 18.6 Å². The van der Waals surface area contributed by atoms with Gasteiger partial charge in [-0.3, -0.25) is 4.90 Å². The van der Waals surface area contributed by atoms with Gasteiger partial charge in [0.25, 0.3) is 0 Å². The third-order valence-electron chi connectivity index (χ3n) is 3.19. The van der Waals surface area contributed by atoms with Crippen molar-refractivity contribution < 1.29 is 4.74 Å². The van der Waals surface area contributed by atoms with Crippen molar-refractivity contribution in [3.8, 4) is 0 Å². The lowest BCUT2D eigenvalue weighted by molar-refractivity contribution is -0.00953. The molecule has 0 N–H and O–H groups in total. The highest BCUT2D eigenvalue weighted by Gasteiger charge is 2.32. The van der Waals surface area contributed by atoms with Crippen molar-refractivity contribution in [1.82, 2.24) is 4.90 Å². The second-order valence-corrected chi connectivity index (χ2v) is 4.21. The van der Waals surface area contributed by atoms with Crippen molar-refractivity contribution in [1.29, 1.82) is 0 Å². The lowest BCUT2D eigenvalue weighted by Gasteiger charge is -2.34. The zero-order chi connectivity index (χ0) is 10.1. The average molecular weight is 201 g/mol. The maximum atomic E-state index is 5.52. The lowest BCUT2D eigenvalue weighted by Crippen LogP contribution is -2.45. The van der Waals surface area contributed by atoms with E-state index in [0.29, 0.717) is 12.1 Å². The molecular weight excluding hydrogens is 186 g/mol. The quantitative estimate of drug-likeness (QED) is 0.677. The van der Waals surface area contributed by atoms with Crippen LogP contribution in [0.2, 0.25) is 0 Å². The van der Waals surface area contributed by atoms with Crippen molar-refractivity contribution >= 4 is 0 Å². The fraction of sp³-hybridized carbons (Fsp3) is 0.385. The van der Waals surface area contributed by atoms with Crippen LogP contribution in [0.5, 0.6) is 0 Å². The van der Waals surface area contributed by atoms with E-state index in [4.69, 9.17) is 4.74 Å². The minimum Gasteiger partial charge on any atom is -0.378 e. The predicted octanol–water partition coefficient (Wildman–Crippen LogP) is 1.83. The van der Waals surface area contributed by atoms with Crippen LogP contribution in [-0.2, 0) is 11.3 Å². The second kappa shape index (κ2) is 3.80. The largest absolute Gasteiger partial charge is 0.378 e. The van der Waals surface area contributed by atoms with E-state index in [1.165, 1.54) is 5.56 Å². The normalized spacial score (nSPS) is 29.6. The first-order chi connectivity index (χ1) is 7.43. The standard InChI is InChI=1S/C13H15NO/c1-2-4-11(5-3-1)8-14-12-6-7-13(14)10-15-9-12/h1-7,12-13H,8-10H2/t12-,13+. The molecule has 1 fully saturated rings. The number of hydrogen-bond acceptors (Lipinski definition) is 2. The Labute approximate surface area is 90.2 Å². The Bertz CT molecular complexity index is 346. The van der Waals surface area contributed by atoms with E-state index in [-0.39, 0.29) is 0 Å². The first-order valence-electron chi connectivity index (χ1n) is 5.49. The van der Waals surface area contributed by atoms with E-state index in [9.17, 15) is 0 Å². The fourth-order valence-corrected chi connectivity index (χ4v) is 2.36. The smallest absolute Gasteiger partial charge is 0.0659 e. The molecule has 2 nitrogen and oxygen atoms in total. The Balaban J connectivity index is 1.75. The number of morpholine rings is 1. The number of nitrogens with zero attached hydrogens (tertiary/aromatic N) is 1. The van der Waals surface area contributed by atoms with Gasteiger partial charge in [0.05, 0.1) is 25.3 Å². The highest BCUT2D eigenvalue weighted by atomic mass is 16.5. The zero-order valence-electron chi connectivity index (χ0n) is 8.67. The maximum Gasteiger partial charge on any atom is 0.0659 e. The number of hydrogen-bond donors (Lipinski definition) is 0. The molecule has 78 valence electrons. The SMILES string of the molecule is C1=C[C@H]2COC[C@@H]1N2Cc1ccccc1. The molecule has 2 heterocycles. The van der Waals surface area contributed by atoms with Crippen molar-refractivity contribution in [3.05, 3.63) is 48.0 Å². The second-order valence-electron chi connectivity index (χ2n) is 4.21. The summed E-state index contributed by atoms with van der Waals surface area (Å²) in [6, 6.07) is 11.6. The van der Waals surface area contributed by atoms with Crippen molar-refractivity contribution in [2.75, 3.05) is 13.2 Å².